The molecular formula is C14H17N5O2. The molecular weight excluding hydrogens is 270 g/mol. The molecule has 0 aliphatic carbocycles. The first kappa shape index (κ1) is 12.4. The van der Waals surface area contributed by atoms with Crippen molar-refractivity contribution in [2.75, 3.05) is 23.7 Å². The Morgan fingerprint density at radius 2 is 2.14 bits per heavy atom. The number of nitrogens with one attached hydrogen (secondary N) is 1. The second-order valence-corrected chi connectivity index (χ2v) is 5.84. The highest BCUT2D eigenvalue weighted by Gasteiger charge is 2.34. The molecule has 3 N–H and O–H groups in total. The maximum Gasteiger partial charge on any atom is 0.220 e. The maximum atomic E-state index is 11.5. The normalized spacial score (nSPS) is 25.7. The Kier molecular flexibility index (Phi) is 2.73. The van der Waals surface area contributed by atoms with Crippen LogP contribution in [0.3, 0.4) is 0 Å². The van der Waals surface area contributed by atoms with Crippen LogP contribution < -0.4 is 16.0 Å². The lowest BCUT2D eigenvalue weighted by Gasteiger charge is -2.42. The number of anilines is 2. The number of nitrogens with two attached hydrogens (primary N) is 1. The molecule has 0 bridgehead atoms. The van der Waals surface area contributed by atoms with Crippen LogP contribution in [0.4, 0.5) is 11.4 Å². The molecule has 1 amide bonds. The van der Waals surface area contributed by atoms with Crippen molar-refractivity contribution in [3.05, 3.63) is 12.1 Å². The molecule has 21 heavy (non-hydrogen) atoms. The van der Waals surface area contributed by atoms with Gasteiger partial charge in [0.25, 0.3) is 0 Å². The van der Waals surface area contributed by atoms with E-state index in [0.717, 1.165) is 31.6 Å². The zero-order chi connectivity index (χ0) is 14.4. The summed E-state index contributed by atoms with van der Waals surface area (Å²) in [6.07, 6.45) is 2.52. The number of nitrogens with zero attached hydrogens (tertiary/aromatic N) is 3. The van der Waals surface area contributed by atoms with Crippen LogP contribution >= 0.6 is 0 Å². The lowest BCUT2D eigenvalue weighted by Crippen LogP contribution is -2.54. The first-order valence-electron chi connectivity index (χ1n) is 7.27. The topological polar surface area (TPSA) is 97.3 Å². The van der Waals surface area contributed by atoms with Crippen LogP contribution in [0.1, 0.15) is 19.3 Å². The van der Waals surface area contributed by atoms with Crippen LogP contribution in [0, 0.1) is 5.92 Å². The van der Waals surface area contributed by atoms with Gasteiger partial charge in [-0.05, 0) is 41.2 Å². The summed E-state index contributed by atoms with van der Waals surface area (Å²) in [6.45, 7) is 1.80. The Balaban J connectivity index is 1.63. The number of hydrogen-bond acceptors (Lipinski definition) is 6. The number of nitrogen functional groups attached to an aromatic ring is 1. The fraction of sp³-hybridized carbons (Fsp3) is 0.500. The third kappa shape index (κ3) is 2.00. The molecule has 1 aromatic heterocycles. The molecule has 2 unspecified atom stereocenters. The van der Waals surface area contributed by atoms with Gasteiger partial charge in [-0.3, -0.25) is 4.79 Å². The fourth-order valence-electron chi connectivity index (χ4n) is 3.46. The molecule has 2 fully saturated rings. The molecule has 2 aliphatic heterocycles. The Labute approximate surface area is 121 Å². The van der Waals surface area contributed by atoms with E-state index >= 15 is 0 Å². The minimum atomic E-state index is 0.181. The van der Waals surface area contributed by atoms with E-state index in [2.05, 4.69) is 20.5 Å². The molecule has 0 saturated carbocycles. The zero-order valence-corrected chi connectivity index (χ0v) is 11.6. The van der Waals surface area contributed by atoms with Crippen molar-refractivity contribution >= 4 is 28.3 Å². The van der Waals surface area contributed by atoms with E-state index in [4.69, 9.17) is 10.4 Å². The van der Waals surface area contributed by atoms with E-state index in [-0.39, 0.29) is 5.91 Å². The van der Waals surface area contributed by atoms with Crippen molar-refractivity contribution in [2.45, 2.75) is 25.3 Å². The highest BCUT2D eigenvalue weighted by molar-refractivity contribution is 5.95. The molecule has 1 aromatic carbocycles. The van der Waals surface area contributed by atoms with Crippen LogP contribution in [0.5, 0.6) is 0 Å². The van der Waals surface area contributed by atoms with Crippen molar-refractivity contribution in [1.29, 1.82) is 0 Å². The van der Waals surface area contributed by atoms with Crippen LogP contribution in [0.15, 0.2) is 16.8 Å². The SMILES string of the molecule is Nc1ccc(N2CCC3NC(=O)CCC3C2)c2nonc12. The number of aromatic nitrogens is 2. The zero-order valence-electron chi connectivity index (χ0n) is 11.6. The van der Waals surface area contributed by atoms with Crippen molar-refractivity contribution in [3.63, 3.8) is 0 Å². The van der Waals surface area contributed by atoms with Gasteiger partial charge >= 0.3 is 0 Å². The monoisotopic (exact) mass is 287 g/mol. The smallest absolute Gasteiger partial charge is 0.220 e. The summed E-state index contributed by atoms with van der Waals surface area (Å²) in [4.78, 5) is 13.8. The molecule has 0 spiro atoms. The molecule has 2 aromatic rings. The minimum Gasteiger partial charge on any atom is -0.397 e. The van der Waals surface area contributed by atoms with Gasteiger partial charge in [-0.15, -0.1) is 0 Å². The average Bonchev–Trinajstić information content (AvgIpc) is 2.98. The van der Waals surface area contributed by atoms with Gasteiger partial charge in [-0.2, -0.15) is 0 Å². The number of rotatable bonds is 1. The molecule has 2 saturated heterocycles. The number of carbonyl (C=O) groups is 1. The molecule has 0 radical (unpaired) electrons. The van der Waals surface area contributed by atoms with Gasteiger partial charge in [0.2, 0.25) is 5.91 Å². The van der Waals surface area contributed by atoms with E-state index in [9.17, 15) is 4.79 Å². The van der Waals surface area contributed by atoms with E-state index in [0.29, 0.717) is 35.1 Å². The van der Waals surface area contributed by atoms with Gasteiger partial charge < -0.3 is 16.0 Å². The van der Waals surface area contributed by atoms with Crippen LogP contribution in [-0.4, -0.2) is 35.4 Å². The number of fused-ring (bicyclic) bond motifs is 2. The second-order valence-electron chi connectivity index (χ2n) is 5.84. The summed E-state index contributed by atoms with van der Waals surface area (Å²) < 4.78 is 4.83. The predicted octanol–water partition coefficient (Wildman–Crippen LogP) is 0.910. The largest absolute Gasteiger partial charge is 0.397 e. The molecule has 7 nitrogen and oxygen atoms in total. The predicted molar refractivity (Wildman–Crippen MR) is 77.7 cm³/mol. The van der Waals surface area contributed by atoms with Crippen LogP contribution in [-0.2, 0) is 4.79 Å². The summed E-state index contributed by atoms with van der Waals surface area (Å²) in [5, 5.41) is 11.0. The van der Waals surface area contributed by atoms with Gasteiger partial charge in [0.05, 0.1) is 11.4 Å². The summed E-state index contributed by atoms with van der Waals surface area (Å²) in [6, 6.07) is 4.13. The molecule has 2 atom stereocenters. The Hall–Kier alpha value is -2.31. The quantitative estimate of drug-likeness (QED) is 0.757. The number of benzene rings is 1. The molecule has 110 valence electrons. The van der Waals surface area contributed by atoms with E-state index in [1.807, 2.05) is 12.1 Å². The van der Waals surface area contributed by atoms with Crippen LogP contribution in [0.25, 0.3) is 11.0 Å². The molecule has 4 rings (SSSR count). The van der Waals surface area contributed by atoms with E-state index in [1.54, 1.807) is 0 Å². The summed E-state index contributed by atoms with van der Waals surface area (Å²) in [5.74, 6) is 0.671. The first-order valence-corrected chi connectivity index (χ1v) is 7.27. The minimum absolute atomic E-state index is 0.181. The number of carbonyl (C=O) groups excluding carboxylic acids is 1. The fourth-order valence-corrected chi connectivity index (χ4v) is 3.46. The highest BCUT2D eigenvalue weighted by atomic mass is 16.6. The first-order chi connectivity index (χ1) is 10.2. The molecule has 3 heterocycles. The lowest BCUT2D eigenvalue weighted by molar-refractivity contribution is -0.124. The van der Waals surface area contributed by atoms with E-state index < -0.39 is 0 Å². The van der Waals surface area contributed by atoms with Gasteiger partial charge in [-0.1, -0.05) is 0 Å². The molecule has 7 heteroatoms. The summed E-state index contributed by atoms with van der Waals surface area (Å²) in [5.41, 5.74) is 8.81. The van der Waals surface area contributed by atoms with E-state index in [1.165, 1.54) is 0 Å². The Morgan fingerprint density at radius 3 is 3.05 bits per heavy atom. The number of amides is 1. The van der Waals surface area contributed by atoms with Crippen molar-refractivity contribution in [1.82, 2.24) is 15.6 Å². The van der Waals surface area contributed by atoms with Gasteiger partial charge in [-0.25, -0.2) is 4.63 Å². The lowest BCUT2D eigenvalue weighted by atomic mass is 9.85. The van der Waals surface area contributed by atoms with Crippen LogP contribution in [0.2, 0.25) is 0 Å². The third-order valence-electron chi connectivity index (χ3n) is 4.59. The third-order valence-corrected chi connectivity index (χ3v) is 4.59. The van der Waals surface area contributed by atoms with Gasteiger partial charge in [0.1, 0.15) is 0 Å². The van der Waals surface area contributed by atoms with Gasteiger partial charge in [0, 0.05) is 25.6 Å². The number of piperidine rings is 2. The highest BCUT2D eigenvalue weighted by Crippen LogP contribution is 2.33. The summed E-state index contributed by atoms with van der Waals surface area (Å²) >= 11 is 0. The van der Waals surface area contributed by atoms with Crippen molar-refractivity contribution < 1.29 is 9.42 Å². The van der Waals surface area contributed by atoms with Crippen molar-refractivity contribution in [2.24, 2.45) is 5.92 Å². The number of hydrogen-bond donors (Lipinski definition) is 2. The van der Waals surface area contributed by atoms with Crippen molar-refractivity contribution in [3.8, 4) is 0 Å². The molecule has 2 aliphatic rings. The van der Waals surface area contributed by atoms with Gasteiger partial charge in [0.15, 0.2) is 11.0 Å². The Bertz CT molecular complexity index is 698. The maximum absolute atomic E-state index is 11.5. The standard InChI is InChI=1S/C14H17N5O2/c15-9-2-3-11(14-13(9)17-21-18-14)19-6-5-10-8(7-19)1-4-12(20)16-10/h2-3,8,10H,1,4-7,15H2,(H,16,20). The average molecular weight is 287 g/mol. The summed E-state index contributed by atoms with van der Waals surface area (Å²) in [7, 11) is 0. The second kappa shape index (κ2) is 4.61. The Morgan fingerprint density at radius 1 is 1.29 bits per heavy atom.